The molecule has 45 heavy (non-hydrogen) atoms. The molecule has 0 aliphatic carbocycles. The number of hydrogen-bond acceptors (Lipinski definition) is 2. The second kappa shape index (κ2) is 9.22. The second-order valence-corrected chi connectivity index (χ2v) is 11.8. The van der Waals surface area contributed by atoms with Gasteiger partial charge in [0.05, 0.1) is 22.2 Å². The van der Waals surface area contributed by atoms with Crippen molar-refractivity contribution in [1.82, 2.24) is 14.5 Å². The third-order valence-corrected chi connectivity index (χ3v) is 9.34. The molecule has 8 aromatic carbocycles. The van der Waals surface area contributed by atoms with Crippen LogP contribution in [0.3, 0.4) is 0 Å². The summed E-state index contributed by atoms with van der Waals surface area (Å²) in [5, 5.41) is 11.2. The molecule has 208 valence electrons. The lowest BCUT2D eigenvalue weighted by atomic mass is 9.91. The zero-order chi connectivity index (χ0) is 29.5. The molecule has 2 aromatic heterocycles. The molecule has 3 heteroatoms. The molecule has 2 heterocycles. The minimum atomic E-state index is 0.677. The molecule has 0 fully saturated rings. The van der Waals surface area contributed by atoms with E-state index in [-0.39, 0.29) is 0 Å². The van der Waals surface area contributed by atoms with Gasteiger partial charge in [-0.25, -0.2) is 9.97 Å². The Hall–Kier alpha value is -6.06. The van der Waals surface area contributed by atoms with Gasteiger partial charge in [0.15, 0.2) is 0 Å². The number of rotatable bonds is 3. The molecule has 0 amide bonds. The fourth-order valence-corrected chi connectivity index (χ4v) is 7.39. The molecule has 10 aromatic rings. The zero-order valence-corrected chi connectivity index (χ0v) is 24.3. The van der Waals surface area contributed by atoms with E-state index in [0.717, 1.165) is 38.8 Å². The Morgan fingerprint density at radius 1 is 0.378 bits per heavy atom. The van der Waals surface area contributed by atoms with E-state index in [9.17, 15) is 0 Å². The summed E-state index contributed by atoms with van der Waals surface area (Å²) in [6.45, 7) is 0. The number of fused-ring (bicyclic) bond motifs is 6. The highest BCUT2D eigenvalue weighted by Gasteiger charge is 2.22. The van der Waals surface area contributed by atoms with Crippen molar-refractivity contribution in [1.29, 1.82) is 0 Å². The Morgan fingerprint density at radius 3 is 1.80 bits per heavy atom. The first-order valence-corrected chi connectivity index (χ1v) is 15.4. The molecule has 0 radical (unpaired) electrons. The maximum absolute atomic E-state index is 5.35. The standard InChI is InChI=1S/C42H25N3/c1-3-11-26(12-4-1)29-22-24-33-35(25-29)43-42(44-41(33)28-14-5-2-6-15-28)45-36-19-9-17-31-32-23-21-27-13-7-8-16-30(27)38(32)34-18-10-20-37(45)40(34)39(31)36/h1-25H. The summed E-state index contributed by atoms with van der Waals surface area (Å²) in [6.07, 6.45) is 0. The van der Waals surface area contributed by atoms with Crippen LogP contribution >= 0.6 is 0 Å². The zero-order valence-electron chi connectivity index (χ0n) is 24.3. The molecule has 3 nitrogen and oxygen atoms in total. The normalized spacial score (nSPS) is 12.0. The predicted molar refractivity (Wildman–Crippen MR) is 188 cm³/mol. The Kier molecular flexibility index (Phi) is 5.00. The predicted octanol–water partition coefficient (Wildman–Crippen LogP) is 11.0. The molecule has 0 N–H and O–H groups in total. The van der Waals surface area contributed by atoms with E-state index in [1.807, 2.05) is 6.07 Å². The van der Waals surface area contributed by atoms with E-state index in [4.69, 9.17) is 9.97 Å². The van der Waals surface area contributed by atoms with Gasteiger partial charge in [-0.1, -0.05) is 127 Å². The molecule has 0 spiro atoms. The number of nitrogens with zero attached hydrogens (tertiary/aromatic N) is 3. The van der Waals surface area contributed by atoms with Crippen molar-refractivity contribution in [2.24, 2.45) is 0 Å². The lowest BCUT2D eigenvalue weighted by molar-refractivity contribution is 1.01. The summed E-state index contributed by atoms with van der Waals surface area (Å²) in [7, 11) is 0. The summed E-state index contributed by atoms with van der Waals surface area (Å²) >= 11 is 0. The molecular formula is C42H25N3. The summed E-state index contributed by atoms with van der Waals surface area (Å²) in [4.78, 5) is 10.7. The molecule has 0 aliphatic rings. The highest BCUT2D eigenvalue weighted by Crippen LogP contribution is 2.45. The van der Waals surface area contributed by atoms with Crippen LogP contribution in [0.2, 0.25) is 0 Å². The van der Waals surface area contributed by atoms with Crippen molar-refractivity contribution in [2.75, 3.05) is 0 Å². The maximum Gasteiger partial charge on any atom is 0.235 e. The van der Waals surface area contributed by atoms with Gasteiger partial charge in [-0.15, -0.1) is 0 Å². The fourth-order valence-electron chi connectivity index (χ4n) is 7.39. The lowest BCUT2D eigenvalue weighted by Gasteiger charge is -2.13. The molecule has 0 saturated heterocycles. The van der Waals surface area contributed by atoms with Crippen LogP contribution in [-0.4, -0.2) is 14.5 Å². The monoisotopic (exact) mass is 571 g/mol. The van der Waals surface area contributed by atoms with Crippen LogP contribution in [0.5, 0.6) is 0 Å². The Balaban J connectivity index is 1.35. The van der Waals surface area contributed by atoms with E-state index >= 15 is 0 Å². The molecule has 0 aliphatic heterocycles. The molecule has 10 rings (SSSR count). The topological polar surface area (TPSA) is 30.7 Å². The molecule has 0 atom stereocenters. The van der Waals surface area contributed by atoms with Crippen LogP contribution in [-0.2, 0) is 0 Å². The molecule has 0 unspecified atom stereocenters. The van der Waals surface area contributed by atoms with E-state index in [1.54, 1.807) is 0 Å². The second-order valence-electron chi connectivity index (χ2n) is 11.8. The maximum atomic E-state index is 5.35. The summed E-state index contributed by atoms with van der Waals surface area (Å²) in [5.74, 6) is 0.677. The first kappa shape index (κ1) is 24.4. The third kappa shape index (κ3) is 3.46. The Labute approximate surface area is 259 Å². The lowest BCUT2D eigenvalue weighted by Crippen LogP contribution is -2.03. The van der Waals surface area contributed by atoms with Crippen LogP contribution in [0.25, 0.3) is 93.4 Å². The van der Waals surface area contributed by atoms with E-state index in [2.05, 4.69) is 150 Å². The third-order valence-electron chi connectivity index (χ3n) is 9.34. The molecular weight excluding hydrogens is 546 g/mol. The van der Waals surface area contributed by atoms with Crippen molar-refractivity contribution in [3.63, 3.8) is 0 Å². The number of hydrogen-bond donors (Lipinski definition) is 0. The van der Waals surface area contributed by atoms with Gasteiger partial charge in [0, 0.05) is 21.7 Å². The van der Waals surface area contributed by atoms with Crippen LogP contribution in [0.15, 0.2) is 152 Å². The molecule has 0 saturated carbocycles. The summed E-state index contributed by atoms with van der Waals surface area (Å²) < 4.78 is 2.27. The summed E-state index contributed by atoms with van der Waals surface area (Å²) in [6, 6.07) is 54.1. The quantitative estimate of drug-likeness (QED) is 0.198. The van der Waals surface area contributed by atoms with Gasteiger partial charge in [-0.05, 0) is 67.7 Å². The SMILES string of the molecule is c1ccc(-c2ccc3c(-c4ccccc4)nc(-n4c5cccc6c7ccc8ccccc8c7c7cccc4c7c65)nc3c2)cc1. The Bertz CT molecular complexity index is 2740. The molecule has 0 bridgehead atoms. The van der Waals surface area contributed by atoms with Crippen LogP contribution in [0, 0.1) is 0 Å². The number of benzene rings is 8. The highest BCUT2D eigenvalue weighted by molar-refractivity contribution is 6.37. The van der Waals surface area contributed by atoms with Crippen LogP contribution in [0.1, 0.15) is 0 Å². The van der Waals surface area contributed by atoms with Gasteiger partial charge < -0.3 is 0 Å². The Morgan fingerprint density at radius 2 is 1.00 bits per heavy atom. The first-order valence-electron chi connectivity index (χ1n) is 15.4. The van der Waals surface area contributed by atoms with E-state index in [1.165, 1.54) is 48.7 Å². The van der Waals surface area contributed by atoms with Crippen molar-refractivity contribution in [2.45, 2.75) is 0 Å². The fraction of sp³-hybridized carbons (Fsp3) is 0. The average Bonchev–Trinajstić information content (AvgIpc) is 3.46. The van der Waals surface area contributed by atoms with E-state index < -0.39 is 0 Å². The van der Waals surface area contributed by atoms with Gasteiger partial charge in [-0.2, -0.15) is 0 Å². The minimum Gasteiger partial charge on any atom is -0.278 e. The van der Waals surface area contributed by atoms with Gasteiger partial charge in [-0.3, -0.25) is 4.57 Å². The van der Waals surface area contributed by atoms with Gasteiger partial charge in [0.2, 0.25) is 5.95 Å². The van der Waals surface area contributed by atoms with Crippen molar-refractivity contribution in [3.05, 3.63) is 152 Å². The average molecular weight is 572 g/mol. The van der Waals surface area contributed by atoms with Crippen molar-refractivity contribution >= 4 is 65.0 Å². The summed E-state index contributed by atoms with van der Waals surface area (Å²) in [5.41, 5.74) is 7.47. The largest absolute Gasteiger partial charge is 0.278 e. The van der Waals surface area contributed by atoms with Crippen molar-refractivity contribution < 1.29 is 0 Å². The number of aromatic nitrogens is 3. The van der Waals surface area contributed by atoms with E-state index in [0.29, 0.717) is 5.95 Å². The smallest absolute Gasteiger partial charge is 0.235 e. The van der Waals surface area contributed by atoms with Gasteiger partial charge in [0.25, 0.3) is 0 Å². The van der Waals surface area contributed by atoms with Crippen LogP contribution in [0.4, 0.5) is 0 Å². The minimum absolute atomic E-state index is 0.677. The first-order chi connectivity index (χ1) is 22.3. The van der Waals surface area contributed by atoms with Crippen LogP contribution < -0.4 is 0 Å². The van der Waals surface area contributed by atoms with Gasteiger partial charge in [0.1, 0.15) is 0 Å². The van der Waals surface area contributed by atoms with Gasteiger partial charge >= 0.3 is 0 Å². The highest BCUT2D eigenvalue weighted by atomic mass is 15.2. The van der Waals surface area contributed by atoms with Crippen molar-refractivity contribution in [3.8, 4) is 28.3 Å².